The monoisotopic (exact) mass is 536 g/mol. The maximum Gasteiger partial charge on any atom is 0.259 e. The van der Waals surface area contributed by atoms with Crippen molar-refractivity contribution in [3.8, 4) is 0 Å². The third kappa shape index (κ3) is 11.2. The molecule has 8 nitrogen and oxygen atoms in total. The summed E-state index contributed by atoms with van der Waals surface area (Å²) >= 11 is 0. The predicted octanol–water partition coefficient (Wildman–Crippen LogP) is 5.54. The summed E-state index contributed by atoms with van der Waals surface area (Å²) in [5.74, 6) is -0.446. The Morgan fingerprint density at radius 2 is 1.05 bits per heavy atom. The van der Waals surface area contributed by atoms with Crippen molar-refractivity contribution in [2.24, 2.45) is 10.2 Å². The first kappa shape index (κ1) is 29.6. The van der Waals surface area contributed by atoms with Crippen LogP contribution >= 0.6 is 0 Å². The van der Waals surface area contributed by atoms with Crippen molar-refractivity contribution < 1.29 is 9.59 Å². The Morgan fingerprint density at radius 3 is 1.43 bits per heavy atom. The van der Waals surface area contributed by atoms with Gasteiger partial charge in [-0.25, -0.2) is 10.9 Å². The van der Waals surface area contributed by atoms with E-state index in [9.17, 15) is 9.59 Å². The van der Waals surface area contributed by atoms with Gasteiger partial charge in [-0.05, 0) is 85.4 Å². The Morgan fingerprint density at radius 1 is 0.650 bits per heavy atom. The second kappa shape index (κ2) is 15.4. The molecule has 0 fully saturated rings. The van der Waals surface area contributed by atoms with Gasteiger partial charge in [-0.1, -0.05) is 60.7 Å². The van der Waals surface area contributed by atoms with Gasteiger partial charge in [0.2, 0.25) is 0 Å². The summed E-state index contributed by atoms with van der Waals surface area (Å²) in [6.07, 6.45) is 7.18. The second-order valence-electron chi connectivity index (χ2n) is 9.48. The van der Waals surface area contributed by atoms with Gasteiger partial charge in [0.25, 0.3) is 11.8 Å². The highest BCUT2D eigenvalue weighted by molar-refractivity contribution is 5.88. The summed E-state index contributed by atoms with van der Waals surface area (Å²) < 4.78 is 0. The van der Waals surface area contributed by atoms with Crippen molar-refractivity contribution >= 4 is 47.8 Å². The van der Waals surface area contributed by atoms with Crippen LogP contribution in [0.5, 0.6) is 0 Å². The molecule has 3 rings (SSSR count). The predicted molar refractivity (Wildman–Crippen MR) is 166 cm³/mol. The zero-order chi connectivity index (χ0) is 28.7. The lowest BCUT2D eigenvalue weighted by atomic mass is 10.1. The fraction of sp³-hybridized carbons (Fsp3) is 0.188. The number of amides is 2. The number of nitrogens with one attached hydrogen (secondary N) is 4. The van der Waals surface area contributed by atoms with Crippen molar-refractivity contribution in [1.29, 1.82) is 0 Å². The minimum atomic E-state index is -0.223. The molecule has 0 aliphatic rings. The maximum absolute atomic E-state index is 12.0. The Labute approximate surface area is 236 Å². The molecule has 0 radical (unpaired) electrons. The van der Waals surface area contributed by atoms with Crippen LogP contribution in [0, 0.1) is 13.8 Å². The van der Waals surface area contributed by atoms with E-state index in [0.29, 0.717) is 0 Å². The van der Waals surface area contributed by atoms with Crippen molar-refractivity contribution in [3.63, 3.8) is 0 Å². The van der Waals surface area contributed by atoms with Gasteiger partial charge < -0.3 is 10.6 Å². The molecule has 0 atom stereocenters. The minimum absolute atomic E-state index is 0.139. The summed E-state index contributed by atoms with van der Waals surface area (Å²) in [4.78, 5) is 24.0. The quantitative estimate of drug-likeness (QED) is 0.180. The van der Waals surface area contributed by atoms with Crippen LogP contribution in [0.25, 0.3) is 12.2 Å². The number of hydrogen-bond donors (Lipinski definition) is 4. The van der Waals surface area contributed by atoms with E-state index in [4.69, 9.17) is 0 Å². The Kier molecular flexibility index (Phi) is 11.4. The summed E-state index contributed by atoms with van der Waals surface area (Å²) in [6, 6.07) is 23.7. The zero-order valence-electron chi connectivity index (χ0n) is 23.4. The van der Waals surface area contributed by atoms with E-state index in [1.165, 1.54) is 0 Å². The fourth-order valence-corrected chi connectivity index (χ4v) is 3.65. The Hall–Kier alpha value is -4.98. The molecule has 0 saturated heterocycles. The van der Waals surface area contributed by atoms with Crippen molar-refractivity contribution in [2.45, 2.75) is 27.7 Å². The van der Waals surface area contributed by atoms with Crippen LogP contribution < -0.4 is 21.5 Å². The third-order valence-electron chi connectivity index (χ3n) is 5.58. The molecule has 0 aliphatic heterocycles. The van der Waals surface area contributed by atoms with Crippen LogP contribution in [-0.2, 0) is 9.59 Å². The van der Waals surface area contributed by atoms with Crippen LogP contribution in [-0.4, -0.2) is 37.3 Å². The first-order chi connectivity index (χ1) is 19.3. The number of benzene rings is 3. The summed E-state index contributed by atoms with van der Waals surface area (Å²) in [6.45, 7) is 8.12. The smallest absolute Gasteiger partial charge is 0.259 e. The van der Waals surface area contributed by atoms with Crippen LogP contribution in [0.2, 0.25) is 0 Å². The van der Waals surface area contributed by atoms with Gasteiger partial charge in [-0.15, -0.1) is 0 Å². The molecule has 0 aromatic heterocycles. The van der Waals surface area contributed by atoms with E-state index in [1.807, 2.05) is 113 Å². The molecule has 0 spiro atoms. The molecule has 0 bridgehead atoms. The van der Waals surface area contributed by atoms with Crippen molar-refractivity contribution in [3.05, 3.63) is 106 Å². The number of allylic oxidation sites excluding steroid dienone is 2. The molecule has 2 amide bonds. The number of aryl methyl sites for hydroxylation is 2. The summed E-state index contributed by atoms with van der Waals surface area (Å²) in [5.41, 5.74) is 12.9. The normalized spacial score (nSPS) is 12.0. The van der Waals surface area contributed by atoms with E-state index in [1.54, 1.807) is 12.4 Å². The number of anilines is 2. The number of hydrogen-bond acceptors (Lipinski definition) is 6. The Bertz CT molecular complexity index is 1310. The van der Waals surface area contributed by atoms with E-state index < -0.39 is 0 Å². The van der Waals surface area contributed by atoms with E-state index in [0.717, 1.165) is 44.8 Å². The van der Waals surface area contributed by atoms with Crippen LogP contribution in [0.15, 0.2) is 94.1 Å². The summed E-state index contributed by atoms with van der Waals surface area (Å²) in [7, 11) is 0. The van der Waals surface area contributed by atoms with Crippen molar-refractivity contribution in [2.75, 3.05) is 23.7 Å². The molecule has 8 heteroatoms. The molecule has 4 N–H and O–H groups in total. The number of nitrogens with zero attached hydrogens (tertiary/aromatic N) is 2. The van der Waals surface area contributed by atoms with Gasteiger partial charge in [0.15, 0.2) is 0 Å². The van der Waals surface area contributed by atoms with E-state index in [2.05, 4.69) is 31.7 Å². The molecule has 0 aliphatic carbocycles. The number of carbonyl (C=O) groups is 2. The lowest BCUT2D eigenvalue weighted by Crippen LogP contribution is -2.25. The highest BCUT2D eigenvalue weighted by atomic mass is 16.2. The first-order valence-electron chi connectivity index (χ1n) is 13.0. The highest BCUT2D eigenvalue weighted by Crippen LogP contribution is 2.12. The third-order valence-corrected chi connectivity index (χ3v) is 5.58. The zero-order valence-corrected chi connectivity index (χ0v) is 23.4. The number of rotatable bonds is 12. The minimum Gasteiger partial charge on any atom is -0.376 e. The van der Waals surface area contributed by atoms with Crippen molar-refractivity contribution in [1.82, 2.24) is 10.9 Å². The van der Waals surface area contributed by atoms with Gasteiger partial charge in [-0.2, -0.15) is 10.2 Å². The lowest BCUT2D eigenvalue weighted by Gasteiger charge is -2.05. The largest absolute Gasteiger partial charge is 0.376 e. The fourth-order valence-electron chi connectivity index (χ4n) is 3.65. The van der Waals surface area contributed by atoms with Gasteiger partial charge in [0.05, 0.1) is 25.5 Å². The lowest BCUT2D eigenvalue weighted by molar-refractivity contribution is -0.120. The molecule has 0 unspecified atom stereocenters. The SMILES string of the molecule is CC(C=NNC(=O)CNc1cccc(C)c1)=Cc1ccc(C=C(C)C=NNC(=O)CNc2cccc(C)c2)cc1. The molecule has 3 aromatic rings. The van der Waals surface area contributed by atoms with Gasteiger partial charge in [0, 0.05) is 11.4 Å². The highest BCUT2D eigenvalue weighted by Gasteiger charge is 2.01. The second-order valence-corrected chi connectivity index (χ2v) is 9.48. The van der Waals surface area contributed by atoms with Gasteiger partial charge in [0.1, 0.15) is 0 Å². The maximum atomic E-state index is 12.0. The van der Waals surface area contributed by atoms with Crippen LogP contribution in [0.1, 0.15) is 36.1 Å². The molecule has 40 heavy (non-hydrogen) atoms. The standard InChI is InChI=1S/C32H36N6O2/c1-23-7-5-9-29(17-23)33-21-31(39)37-35-19-25(3)15-27-11-13-28(14-12-27)16-26(4)20-36-38-32(40)22-34-30-10-6-8-24(2)18-30/h5-20,33-34H,21-22H2,1-4H3,(H,37,39)(H,38,40). The molecular weight excluding hydrogens is 500 g/mol. The van der Waals surface area contributed by atoms with Gasteiger partial charge >= 0.3 is 0 Å². The summed E-state index contributed by atoms with van der Waals surface area (Å²) in [5, 5.41) is 14.2. The van der Waals surface area contributed by atoms with E-state index >= 15 is 0 Å². The molecule has 3 aromatic carbocycles. The molecule has 206 valence electrons. The molecule has 0 saturated carbocycles. The van der Waals surface area contributed by atoms with Crippen LogP contribution in [0.3, 0.4) is 0 Å². The average molecular weight is 537 g/mol. The molecule has 0 heterocycles. The molecular formula is C32H36N6O2. The first-order valence-corrected chi connectivity index (χ1v) is 13.0. The van der Waals surface area contributed by atoms with Crippen LogP contribution in [0.4, 0.5) is 11.4 Å². The topological polar surface area (TPSA) is 107 Å². The van der Waals surface area contributed by atoms with E-state index in [-0.39, 0.29) is 24.9 Å². The van der Waals surface area contributed by atoms with Gasteiger partial charge in [-0.3, -0.25) is 9.59 Å². The number of carbonyl (C=O) groups excluding carboxylic acids is 2. The average Bonchev–Trinajstić information content (AvgIpc) is 2.92. The number of hydrazone groups is 2. The Balaban J connectivity index is 1.41.